The summed E-state index contributed by atoms with van der Waals surface area (Å²) in [4.78, 5) is 70.3. The second kappa shape index (κ2) is 44.5. The summed E-state index contributed by atoms with van der Waals surface area (Å²) in [5.74, 6) is 0.406. The highest BCUT2D eigenvalue weighted by atomic mass is 16.6. The molecule has 1 heterocycles. The zero-order chi connectivity index (χ0) is 58.6. The van der Waals surface area contributed by atoms with E-state index in [1.165, 1.54) is 70.6 Å². The van der Waals surface area contributed by atoms with Crippen molar-refractivity contribution in [3.63, 3.8) is 0 Å². The van der Waals surface area contributed by atoms with Gasteiger partial charge >= 0.3 is 30.0 Å². The van der Waals surface area contributed by atoms with Crippen LogP contribution in [0.1, 0.15) is 278 Å². The number of allylic oxidation sites excluding steroid dienone is 8. The zero-order valence-electron chi connectivity index (χ0n) is 52.4. The molecule has 0 aromatic rings. The van der Waals surface area contributed by atoms with Crippen LogP contribution in [0.4, 0.5) is 4.79 Å². The van der Waals surface area contributed by atoms with Gasteiger partial charge in [-0.15, -0.1) is 0 Å². The molecule has 1 aliphatic heterocycles. The Morgan fingerprint density at radius 3 is 1.37 bits per heavy atom. The Hall–Kier alpha value is -3.93. The Morgan fingerprint density at radius 1 is 0.488 bits per heavy atom. The number of alkyl carbamates (subject to hydrolysis) is 1. The van der Waals surface area contributed by atoms with Crippen molar-refractivity contribution >= 4 is 30.0 Å². The van der Waals surface area contributed by atoms with E-state index >= 15 is 0 Å². The third-order valence-electron chi connectivity index (χ3n) is 17.7. The van der Waals surface area contributed by atoms with E-state index in [1.807, 2.05) is 0 Å². The zero-order valence-corrected chi connectivity index (χ0v) is 52.4. The van der Waals surface area contributed by atoms with Crippen LogP contribution in [0.5, 0.6) is 0 Å². The summed E-state index contributed by atoms with van der Waals surface area (Å²) in [6.07, 6.45) is 55.8. The normalized spacial score (nSPS) is 20.2. The average molecular weight is 1150 g/mol. The SMILES string of the molecule is CCCCC/C=C\C/C=C\CCCCCCCC(=O)OCC(COC(=O)CCCCCCC/C=C\C/C=C\CCCCC)(COC(=O)CCC(CCCCCC)OC(=O)NCCN1CCCC1)COC(=O)CC12CC3CC(CC(C3)C1)C2. The molecule has 12 nitrogen and oxygen atoms in total. The van der Waals surface area contributed by atoms with Crippen LogP contribution >= 0.6 is 0 Å². The van der Waals surface area contributed by atoms with E-state index in [0.29, 0.717) is 50.0 Å². The first kappa shape index (κ1) is 70.6. The maximum absolute atomic E-state index is 14.0. The van der Waals surface area contributed by atoms with Crippen molar-refractivity contribution in [2.75, 3.05) is 52.6 Å². The molecule has 5 aliphatic rings. The van der Waals surface area contributed by atoms with Crippen LogP contribution in [0.3, 0.4) is 0 Å². The van der Waals surface area contributed by atoms with Crippen molar-refractivity contribution < 1.29 is 47.7 Å². The van der Waals surface area contributed by atoms with Crippen LogP contribution in [0.2, 0.25) is 0 Å². The third-order valence-corrected chi connectivity index (χ3v) is 17.7. The van der Waals surface area contributed by atoms with E-state index in [0.717, 1.165) is 154 Å². The molecule has 1 atom stereocenters. The van der Waals surface area contributed by atoms with Crippen molar-refractivity contribution in [2.45, 2.75) is 284 Å². The molecule has 4 aliphatic carbocycles. The number of unbranched alkanes of at least 4 members (excludes halogenated alkanes) is 19. The lowest BCUT2D eigenvalue weighted by molar-refractivity contribution is -0.173. The molecule has 82 heavy (non-hydrogen) atoms. The molecule has 1 N–H and O–H groups in total. The highest BCUT2D eigenvalue weighted by molar-refractivity contribution is 5.72. The first-order chi connectivity index (χ1) is 40.0. The summed E-state index contributed by atoms with van der Waals surface area (Å²) >= 11 is 0. The van der Waals surface area contributed by atoms with E-state index in [1.54, 1.807) is 0 Å². The standard InChI is InChI=1S/C70H118N2O10/c1-4-7-10-13-15-17-19-21-23-25-27-29-31-33-36-41-64(73)78-56-70(59-81-67(76)55-69-52-60-49-61(53-69)51-62(50-60)54-69,57-79-65(74)42-37-34-32-30-28-26-24-22-20-18-16-14-11-8-5-2)58-80-66(75)44-43-63(40-35-12-9-6-3)82-68(77)71-45-48-72-46-38-39-47-72/h15-18,21-24,60-63H,4-14,19-20,25-59H2,1-3H3,(H,71,77)/b17-15-,18-16-,23-21-,24-22-. The average Bonchev–Trinajstić information content (AvgIpc) is 2.36. The lowest BCUT2D eigenvalue weighted by Gasteiger charge is -2.56. The molecule has 4 bridgehead atoms. The number of nitrogens with zero attached hydrogens (tertiary/aromatic N) is 1. The summed E-state index contributed by atoms with van der Waals surface area (Å²) in [6.45, 7) is 8.96. The van der Waals surface area contributed by atoms with Gasteiger partial charge in [0.2, 0.25) is 0 Å². The van der Waals surface area contributed by atoms with Gasteiger partial charge < -0.3 is 33.9 Å². The molecule has 5 rings (SSSR count). The Balaban J connectivity index is 1.36. The summed E-state index contributed by atoms with van der Waals surface area (Å²) in [7, 11) is 0. The summed E-state index contributed by atoms with van der Waals surface area (Å²) < 4.78 is 30.2. The van der Waals surface area contributed by atoms with Gasteiger partial charge in [0, 0.05) is 32.4 Å². The fourth-order valence-corrected chi connectivity index (χ4v) is 13.3. The van der Waals surface area contributed by atoms with Gasteiger partial charge in [0.25, 0.3) is 0 Å². The number of hydrogen-bond donors (Lipinski definition) is 1. The lowest BCUT2D eigenvalue weighted by atomic mass is 9.49. The number of likely N-dealkylation sites (tertiary alicyclic amines) is 1. The predicted molar refractivity (Wildman–Crippen MR) is 332 cm³/mol. The van der Waals surface area contributed by atoms with Gasteiger partial charge in [0.05, 0.1) is 6.42 Å². The van der Waals surface area contributed by atoms with Gasteiger partial charge in [-0.1, -0.05) is 153 Å². The molecule has 4 saturated carbocycles. The van der Waals surface area contributed by atoms with E-state index in [4.69, 9.17) is 23.7 Å². The molecule has 0 radical (unpaired) electrons. The van der Waals surface area contributed by atoms with Crippen LogP contribution in [0.15, 0.2) is 48.6 Å². The van der Waals surface area contributed by atoms with Crippen molar-refractivity contribution in [1.82, 2.24) is 10.2 Å². The third kappa shape index (κ3) is 32.9. The predicted octanol–water partition coefficient (Wildman–Crippen LogP) is 17.3. The minimum Gasteiger partial charge on any atom is -0.465 e. The highest BCUT2D eigenvalue weighted by Gasteiger charge is 2.52. The van der Waals surface area contributed by atoms with Crippen molar-refractivity contribution in [2.24, 2.45) is 28.6 Å². The number of hydrogen-bond acceptors (Lipinski definition) is 11. The second-order valence-corrected chi connectivity index (χ2v) is 25.6. The monoisotopic (exact) mass is 1150 g/mol. The molecule has 12 heteroatoms. The van der Waals surface area contributed by atoms with Gasteiger partial charge in [-0.2, -0.15) is 0 Å². The number of nitrogens with one attached hydrogen (secondary N) is 1. The Labute approximate surface area is 499 Å². The van der Waals surface area contributed by atoms with Crippen LogP contribution in [0.25, 0.3) is 0 Å². The fraction of sp³-hybridized carbons (Fsp3) is 0.814. The highest BCUT2D eigenvalue weighted by Crippen LogP contribution is 2.61. The van der Waals surface area contributed by atoms with Gasteiger partial charge in [0.15, 0.2) is 0 Å². The summed E-state index contributed by atoms with van der Waals surface area (Å²) in [5, 5.41) is 2.91. The van der Waals surface area contributed by atoms with Gasteiger partial charge in [0.1, 0.15) is 37.9 Å². The summed E-state index contributed by atoms with van der Waals surface area (Å²) in [6, 6.07) is 0. The minimum absolute atomic E-state index is 0.0133. The number of amides is 1. The smallest absolute Gasteiger partial charge is 0.407 e. The molecule has 1 unspecified atom stereocenters. The maximum Gasteiger partial charge on any atom is 0.407 e. The molecular weight excluding hydrogens is 1030 g/mol. The largest absolute Gasteiger partial charge is 0.465 e. The molecule has 468 valence electrons. The van der Waals surface area contributed by atoms with E-state index in [9.17, 15) is 24.0 Å². The number of carbonyl (C=O) groups is 5. The fourth-order valence-electron chi connectivity index (χ4n) is 13.3. The molecular formula is C70H118N2O10. The molecule has 0 aromatic carbocycles. The molecule has 5 fully saturated rings. The van der Waals surface area contributed by atoms with Gasteiger partial charge in [-0.25, -0.2) is 4.79 Å². The second-order valence-electron chi connectivity index (χ2n) is 25.6. The summed E-state index contributed by atoms with van der Waals surface area (Å²) in [5.41, 5.74) is -1.39. The maximum atomic E-state index is 14.0. The molecule has 0 aromatic heterocycles. The number of esters is 4. The van der Waals surface area contributed by atoms with Crippen molar-refractivity contribution in [3.05, 3.63) is 48.6 Å². The van der Waals surface area contributed by atoms with Crippen LogP contribution in [-0.4, -0.2) is 93.6 Å². The van der Waals surface area contributed by atoms with E-state index < -0.39 is 23.6 Å². The van der Waals surface area contributed by atoms with Crippen LogP contribution in [-0.2, 0) is 42.9 Å². The van der Waals surface area contributed by atoms with Gasteiger partial charge in [-0.05, 0) is 184 Å². The Bertz CT molecular complexity index is 1750. The Morgan fingerprint density at radius 2 is 0.890 bits per heavy atom. The first-order valence-corrected chi connectivity index (χ1v) is 33.9. The topological polar surface area (TPSA) is 147 Å². The van der Waals surface area contributed by atoms with Crippen molar-refractivity contribution in [1.29, 1.82) is 0 Å². The molecule has 0 spiro atoms. The number of rotatable bonds is 50. The quantitative estimate of drug-likeness (QED) is 0.0269. The van der Waals surface area contributed by atoms with E-state index in [-0.39, 0.29) is 75.4 Å². The molecule has 1 amide bonds. The number of ether oxygens (including phenoxy) is 5. The lowest BCUT2D eigenvalue weighted by Crippen LogP contribution is -2.47. The van der Waals surface area contributed by atoms with E-state index in [2.05, 4.69) is 79.6 Å². The van der Waals surface area contributed by atoms with Crippen molar-refractivity contribution in [3.8, 4) is 0 Å². The first-order valence-electron chi connectivity index (χ1n) is 33.9. The molecule has 1 saturated heterocycles. The van der Waals surface area contributed by atoms with Crippen LogP contribution in [0, 0.1) is 28.6 Å². The van der Waals surface area contributed by atoms with Gasteiger partial charge in [-0.3, -0.25) is 19.2 Å². The number of carbonyl (C=O) groups excluding carboxylic acids is 5. The minimum atomic E-state index is -1.33. The Kier molecular flexibility index (Phi) is 38.3. The van der Waals surface area contributed by atoms with Crippen LogP contribution < -0.4 is 5.32 Å².